The predicted molar refractivity (Wildman–Crippen MR) is 63.0 cm³/mol. The molecule has 1 aliphatic rings. The maximum absolute atomic E-state index is 12.1. The zero-order valence-electron chi connectivity index (χ0n) is 10.1. The smallest absolute Gasteiger partial charge is 0.244 e. The summed E-state index contributed by atoms with van der Waals surface area (Å²) in [6.07, 6.45) is 6.34. The Morgan fingerprint density at radius 2 is 2.41 bits per heavy atom. The number of likely N-dealkylation sites (N-methyl/N-ethyl adjacent to an activating group) is 1. The van der Waals surface area contributed by atoms with Gasteiger partial charge in [0.1, 0.15) is 19.2 Å². The van der Waals surface area contributed by atoms with Gasteiger partial charge in [-0.3, -0.25) is 4.79 Å². The standard InChI is InChI=1S/C11H19N5O/c1-15(10-4-2-3-9(10)5-12)11(17)6-16-8-13-7-14-16/h7-10H,2-6,12H2,1H3. The van der Waals surface area contributed by atoms with Gasteiger partial charge in [-0.15, -0.1) is 0 Å². The molecule has 0 bridgehead atoms. The molecule has 1 fully saturated rings. The molecular weight excluding hydrogens is 218 g/mol. The van der Waals surface area contributed by atoms with Crippen LogP contribution < -0.4 is 5.73 Å². The van der Waals surface area contributed by atoms with E-state index in [9.17, 15) is 4.79 Å². The van der Waals surface area contributed by atoms with Crippen LogP contribution in [0.15, 0.2) is 12.7 Å². The van der Waals surface area contributed by atoms with Crippen LogP contribution in [0.1, 0.15) is 19.3 Å². The van der Waals surface area contributed by atoms with Gasteiger partial charge in [-0.25, -0.2) is 9.67 Å². The molecule has 1 saturated carbocycles. The van der Waals surface area contributed by atoms with Crippen molar-refractivity contribution in [3.8, 4) is 0 Å². The van der Waals surface area contributed by atoms with Crippen molar-refractivity contribution >= 4 is 5.91 Å². The van der Waals surface area contributed by atoms with Gasteiger partial charge in [0.05, 0.1) is 0 Å². The van der Waals surface area contributed by atoms with Gasteiger partial charge in [0.15, 0.2) is 0 Å². The van der Waals surface area contributed by atoms with E-state index in [1.807, 2.05) is 11.9 Å². The highest BCUT2D eigenvalue weighted by Gasteiger charge is 2.31. The molecule has 1 heterocycles. The van der Waals surface area contributed by atoms with E-state index in [1.54, 1.807) is 11.0 Å². The molecule has 2 rings (SSSR count). The van der Waals surface area contributed by atoms with Gasteiger partial charge in [0.2, 0.25) is 5.91 Å². The van der Waals surface area contributed by atoms with Crippen molar-refractivity contribution in [2.75, 3.05) is 13.6 Å². The van der Waals surface area contributed by atoms with Crippen LogP contribution in [0.5, 0.6) is 0 Å². The molecule has 0 saturated heterocycles. The topological polar surface area (TPSA) is 77.0 Å². The number of carbonyl (C=O) groups is 1. The van der Waals surface area contributed by atoms with Crippen molar-refractivity contribution in [3.05, 3.63) is 12.7 Å². The van der Waals surface area contributed by atoms with Crippen LogP contribution in [0.2, 0.25) is 0 Å². The molecule has 6 heteroatoms. The summed E-state index contributed by atoms with van der Waals surface area (Å²) in [6, 6.07) is 0.288. The zero-order valence-corrected chi connectivity index (χ0v) is 10.1. The first-order valence-electron chi connectivity index (χ1n) is 6.00. The van der Waals surface area contributed by atoms with E-state index < -0.39 is 0 Å². The lowest BCUT2D eigenvalue weighted by Crippen LogP contribution is -2.43. The summed E-state index contributed by atoms with van der Waals surface area (Å²) in [6.45, 7) is 0.913. The van der Waals surface area contributed by atoms with Crippen LogP contribution in [0.3, 0.4) is 0 Å². The molecule has 1 aromatic rings. The van der Waals surface area contributed by atoms with Gasteiger partial charge >= 0.3 is 0 Å². The molecule has 17 heavy (non-hydrogen) atoms. The lowest BCUT2D eigenvalue weighted by atomic mass is 10.0. The summed E-state index contributed by atoms with van der Waals surface area (Å²) in [5, 5.41) is 3.94. The minimum Gasteiger partial charge on any atom is -0.341 e. The van der Waals surface area contributed by atoms with E-state index >= 15 is 0 Å². The number of aromatic nitrogens is 3. The average molecular weight is 237 g/mol. The number of nitrogens with two attached hydrogens (primary N) is 1. The molecule has 1 amide bonds. The zero-order chi connectivity index (χ0) is 12.3. The quantitative estimate of drug-likeness (QED) is 0.791. The Balaban J connectivity index is 1.94. The van der Waals surface area contributed by atoms with Gasteiger partial charge in [-0.2, -0.15) is 5.10 Å². The highest BCUT2D eigenvalue weighted by molar-refractivity contribution is 5.76. The first kappa shape index (κ1) is 12.0. The van der Waals surface area contributed by atoms with Crippen LogP contribution in [0.4, 0.5) is 0 Å². The lowest BCUT2D eigenvalue weighted by molar-refractivity contribution is -0.133. The van der Waals surface area contributed by atoms with E-state index in [-0.39, 0.29) is 18.5 Å². The Morgan fingerprint density at radius 3 is 3.06 bits per heavy atom. The first-order valence-corrected chi connectivity index (χ1v) is 6.00. The van der Waals surface area contributed by atoms with Gasteiger partial charge in [-0.1, -0.05) is 6.42 Å². The predicted octanol–water partition coefficient (Wildman–Crippen LogP) is -0.136. The highest BCUT2D eigenvalue weighted by atomic mass is 16.2. The number of carbonyl (C=O) groups excluding carboxylic acids is 1. The first-order chi connectivity index (χ1) is 8.22. The van der Waals surface area contributed by atoms with Crippen molar-refractivity contribution in [2.45, 2.75) is 31.8 Å². The van der Waals surface area contributed by atoms with Crippen molar-refractivity contribution in [2.24, 2.45) is 11.7 Å². The fourth-order valence-corrected chi connectivity index (χ4v) is 2.55. The third kappa shape index (κ3) is 2.63. The number of hydrogen-bond acceptors (Lipinski definition) is 4. The van der Waals surface area contributed by atoms with Crippen molar-refractivity contribution < 1.29 is 4.79 Å². The van der Waals surface area contributed by atoms with Crippen molar-refractivity contribution in [1.29, 1.82) is 0 Å². The molecular formula is C11H19N5O. The molecule has 0 aliphatic heterocycles. The molecule has 2 atom stereocenters. The van der Waals surface area contributed by atoms with Crippen LogP contribution in [0, 0.1) is 5.92 Å². The van der Waals surface area contributed by atoms with Crippen LogP contribution in [-0.2, 0) is 11.3 Å². The molecule has 2 unspecified atom stereocenters. The van der Waals surface area contributed by atoms with E-state index in [0.29, 0.717) is 12.5 Å². The third-order valence-electron chi connectivity index (χ3n) is 3.58. The summed E-state index contributed by atoms with van der Waals surface area (Å²) >= 11 is 0. The normalized spacial score (nSPS) is 23.9. The molecule has 1 aliphatic carbocycles. The maximum atomic E-state index is 12.1. The fraction of sp³-hybridized carbons (Fsp3) is 0.727. The molecule has 0 radical (unpaired) electrons. The summed E-state index contributed by atoms with van der Waals surface area (Å²) in [4.78, 5) is 17.7. The Kier molecular flexibility index (Phi) is 3.73. The fourth-order valence-electron chi connectivity index (χ4n) is 2.55. The van der Waals surface area contributed by atoms with Gasteiger partial charge in [-0.05, 0) is 25.3 Å². The SMILES string of the molecule is CN(C(=O)Cn1cncn1)C1CCCC1CN. The second-order valence-corrected chi connectivity index (χ2v) is 4.59. The van der Waals surface area contributed by atoms with Gasteiger partial charge < -0.3 is 10.6 Å². The van der Waals surface area contributed by atoms with Crippen LogP contribution in [-0.4, -0.2) is 45.2 Å². The third-order valence-corrected chi connectivity index (χ3v) is 3.58. The summed E-state index contributed by atoms with van der Waals surface area (Å²) < 4.78 is 1.55. The Hall–Kier alpha value is -1.43. The molecule has 0 aromatic carbocycles. The Morgan fingerprint density at radius 1 is 1.59 bits per heavy atom. The number of nitrogens with zero attached hydrogens (tertiary/aromatic N) is 4. The van der Waals surface area contributed by atoms with E-state index in [4.69, 9.17) is 5.73 Å². The molecule has 2 N–H and O–H groups in total. The monoisotopic (exact) mass is 237 g/mol. The van der Waals surface area contributed by atoms with Crippen LogP contribution in [0.25, 0.3) is 0 Å². The minimum atomic E-state index is 0.0702. The Bertz CT molecular complexity index is 364. The summed E-state index contributed by atoms with van der Waals surface area (Å²) in [7, 11) is 1.86. The second-order valence-electron chi connectivity index (χ2n) is 4.59. The maximum Gasteiger partial charge on any atom is 0.244 e. The Labute approximate surface area is 101 Å². The van der Waals surface area contributed by atoms with Crippen LogP contribution >= 0.6 is 0 Å². The molecule has 94 valence electrons. The van der Waals surface area contributed by atoms with E-state index in [1.165, 1.54) is 6.33 Å². The number of rotatable bonds is 4. The average Bonchev–Trinajstić information content (AvgIpc) is 2.97. The summed E-state index contributed by atoms with van der Waals surface area (Å²) in [5.74, 6) is 0.514. The highest BCUT2D eigenvalue weighted by Crippen LogP contribution is 2.28. The molecule has 1 aromatic heterocycles. The van der Waals surface area contributed by atoms with E-state index in [2.05, 4.69) is 10.1 Å². The lowest BCUT2D eigenvalue weighted by Gasteiger charge is -2.29. The largest absolute Gasteiger partial charge is 0.341 e. The minimum absolute atomic E-state index is 0.0702. The number of amides is 1. The van der Waals surface area contributed by atoms with Crippen molar-refractivity contribution in [1.82, 2.24) is 19.7 Å². The van der Waals surface area contributed by atoms with Gasteiger partial charge in [0, 0.05) is 13.1 Å². The molecule has 0 spiro atoms. The molecule has 6 nitrogen and oxygen atoms in total. The summed E-state index contributed by atoms with van der Waals surface area (Å²) in [5.41, 5.74) is 5.73. The van der Waals surface area contributed by atoms with Gasteiger partial charge in [0.25, 0.3) is 0 Å². The second kappa shape index (κ2) is 5.27. The van der Waals surface area contributed by atoms with Crippen molar-refractivity contribution in [3.63, 3.8) is 0 Å². The number of hydrogen-bond donors (Lipinski definition) is 1. The van der Waals surface area contributed by atoms with E-state index in [0.717, 1.165) is 19.3 Å².